The molecule has 0 bridgehead atoms. The first-order valence-corrected chi connectivity index (χ1v) is 7.37. The van der Waals surface area contributed by atoms with Crippen LogP contribution < -0.4 is 0 Å². The lowest BCUT2D eigenvalue weighted by Gasteiger charge is -2.19. The minimum Gasteiger partial charge on any atom is -0.480 e. The molecule has 112 valence electrons. The van der Waals surface area contributed by atoms with Crippen LogP contribution in [0, 0.1) is 5.92 Å². The zero-order valence-corrected chi connectivity index (χ0v) is 12.0. The summed E-state index contributed by atoms with van der Waals surface area (Å²) in [5.41, 5.74) is 0. The van der Waals surface area contributed by atoms with Crippen molar-refractivity contribution in [3.05, 3.63) is 29.7 Å². The normalized spacial score (nSPS) is 28.2. The Morgan fingerprint density at radius 3 is 2.86 bits per heavy atom. The van der Waals surface area contributed by atoms with Crippen LogP contribution in [0.5, 0.6) is 0 Å². The van der Waals surface area contributed by atoms with E-state index in [0.717, 1.165) is 18.6 Å². The van der Waals surface area contributed by atoms with Crippen LogP contribution >= 0.6 is 0 Å². The van der Waals surface area contributed by atoms with Gasteiger partial charge in [-0.25, -0.2) is 4.79 Å². The van der Waals surface area contributed by atoms with Gasteiger partial charge in [-0.2, -0.15) is 0 Å². The number of likely N-dealkylation sites (tertiary alicyclic amines) is 1. The maximum absolute atomic E-state index is 12.1. The number of nitrogens with zero attached hydrogens (tertiary/aromatic N) is 1. The van der Waals surface area contributed by atoms with E-state index in [2.05, 4.69) is 6.92 Å². The average molecular weight is 289 g/mol. The van der Waals surface area contributed by atoms with E-state index in [9.17, 15) is 9.59 Å². The maximum atomic E-state index is 12.1. The molecule has 5 nitrogen and oxygen atoms in total. The molecule has 2 fully saturated rings. The Labute approximate surface area is 123 Å². The third-order valence-electron chi connectivity index (χ3n) is 4.33. The molecule has 2 heterocycles. The van der Waals surface area contributed by atoms with Gasteiger partial charge >= 0.3 is 5.97 Å². The molecule has 1 amide bonds. The molecule has 2 aliphatic rings. The highest BCUT2D eigenvalue weighted by Gasteiger charge is 2.36. The van der Waals surface area contributed by atoms with E-state index >= 15 is 0 Å². The summed E-state index contributed by atoms with van der Waals surface area (Å²) in [7, 11) is 0. The topological polar surface area (TPSA) is 70.8 Å². The summed E-state index contributed by atoms with van der Waals surface area (Å²) in [6.45, 7) is 2.69. The minimum absolute atomic E-state index is 0.266. The van der Waals surface area contributed by atoms with Gasteiger partial charge in [-0.15, -0.1) is 0 Å². The summed E-state index contributed by atoms with van der Waals surface area (Å²) in [5.74, 6) is 1.60. The van der Waals surface area contributed by atoms with Gasteiger partial charge < -0.3 is 14.4 Å². The SMILES string of the molecule is C[C@@H]1C[C@@H]1c1ccc(/C=C/C(=O)N2CCC[C@@H]2C(=O)O)o1. The number of carboxylic acid groups (broad SMARTS) is 1. The molecule has 1 N–H and O–H groups in total. The Bertz CT molecular complexity index is 589. The van der Waals surface area contributed by atoms with Crippen molar-refractivity contribution in [3.63, 3.8) is 0 Å². The molecule has 1 aliphatic carbocycles. The molecule has 1 aromatic rings. The summed E-state index contributed by atoms with van der Waals surface area (Å²) in [6.07, 6.45) is 5.44. The van der Waals surface area contributed by atoms with Gasteiger partial charge in [-0.05, 0) is 43.4 Å². The number of rotatable bonds is 4. The Kier molecular flexibility index (Phi) is 3.57. The number of carbonyl (C=O) groups excluding carboxylic acids is 1. The highest BCUT2D eigenvalue weighted by atomic mass is 16.4. The molecular weight excluding hydrogens is 270 g/mol. The number of furan rings is 1. The zero-order chi connectivity index (χ0) is 15.0. The lowest BCUT2D eigenvalue weighted by atomic mass is 10.2. The Hall–Kier alpha value is -2.04. The lowest BCUT2D eigenvalue weighted by molar-refractivity contribution is -0.146. The molecule has 3 atom stereocenters. The quantitative estimate of drug-likeness (QED) is 0.864. The molecule has 21 heavy (non-hydrogen) atoms. The lowest BCUT2D eigenvalue weighted by Crippen LogP contribution is -2.39. The first-order chi connectivity index (χ1) is 10.1. The summed E-state index contributed by atoms with van der Waals surface area (Å²) < 4.78 is 5.69. The predicted molar refractivity (Wildman–Crippen MR) is 76.6 cm³/mol. The summed E-state index contributed by atoms with van der Waals surface area (Å²) in [4.78, 5) is 24.6. The number of aliphatic carboxylic acids is 1. The van der Waals surface area contributed by atoms with Gasteiger partial charge in [0.1, 0.15) is 17.6 Å². The third kappa shape index (κ3) is 2.86. The van der Waals surface area contributed by atoms with Gasteiger partial charge in [0, 0.05) is 18.5 Å². The molecule has 1 saturated heterocycles. The first-order valence-electron chi connectivity index (χ1n) is 7.37. The maximum Gasteiger partial charge on any atom is 0.326 e. The average Bonchev–Trinajstić information content (AvgIpc) is 2.90. The monoisotopic (exact) mass is 289 g/mol. The van der Waals surface area contributed by atoms with Crippen LogP contribution in [0.15, 0.2) is 22.6 Å². The Morgan fingerprint density at radius 2 is 2.19 bits per heavy atom. The second-order valence-electron chi connectivity index (χ2n) is 5.92. The van der Waals surface area contributed by atoms with E-state index in [1.165, 1.54) is 11.0 Å². The van der Waals surface area contributed by atoms with Crippen LogP contribution in [0.25, 0.3) is 6.08 Å². The number of carboxylic acids is 1. The van der Waals surface area contributed by atoms with E-state index in [1.54, 1.807) is 6.08 Å². The molecule has 0 spiro atoms. The Morgan fingerprint density at radius 1 is 1.43 bits per heavy atom. The number of hydrogen-bond donors (Lipinski definition) is 1. The second kappa shape index (κ2) is 5.39. The van der Waals surface area contributed by atoms with Gasteiger partial charge in [0.15, 0.2) is 0 Å². The van der Waals surface area contributed by atoms with Gasteiger partial charge in [-0.3, -0.25) is 4.79 Å². The van der Waals surface area contributed by atoms with Crippen molar-refractivity contribution in [2.24, 2.45) is 5.92 Å². The van der Waals surface area contributed by atoms with Gasteiger partial charge in [0.25, 0.3) is 0 Å². The van der Waals surface area contributed by atoms with E-state index < -0.39 is 12.0 Å². The van der Waals surface area contributed by atoms with Gasteiger partial charge in [0.2, 0.25) is 5.91 Å². The van der Waals surface area contributed by atoms with Crippen LogP contribution in [-0.4, -0.2) is 34.5 Å². The summed E-state index contributed by atoms with van der Waals surface area (Å²) >= 11 is 0. The zero-order valence-electron chi connectivity index (χ0n) is 12.0. The fourth-order valence-corrected chi connectivity index (χ4v) is 2.91. The molecule has 3 rings (SSSR count). The van der Waals surface area contributed by atoms with E-state index in [0.29, 0.717) is 30.6 Å². The van der Waals surface area contributed by atoms with Crippen molar-refractivity contribution in [1.29, 1.82) is 0 Å². The molecule has 1 saturated carbocycles. The van der Waals surface area contributed by atoms with E-state index in [1.807, 2.05) is 12.1 Å². The van der Waals surface area contributed by atoms with Crippen LogP contribution in [0.3, 0.4) is 0 Å². The van der Waals surface area contributed by atoms with Crippen molar-refractivity contribution in [3.8, 4) is 0 Å². The number of amides is 1. The smallest absolute Gasteiger partial charge is 0.326 e. The Balaban J connectivity index is 1.64. The second-order valence-corrected chi connectivity index (χ2v) is 5.92. The van der Waals surface area contributed by atoms with Crippen LogP contribution in [0.2, 0.25) is 0 Å². The fraction of sp³-hybridized carbons (Fsp3) is 0.500. The van der Waals surface area contributed by atoms with Crippen molar-refractivity contribution < 1.29 is 19.1 Å². The highest BCUT2D eigenvalue weighted by Crippen LogP contribution is 2.47. The van der Waals surface area contributed by atoms with E-state index in [4.69, 9.17) is 9.52 Å². The van der Waals surface area contributed by atoms with Crippen molar-refractivity contribution in [2.45, 2.75) is 38.1 Å². The van der Waals surface area contributed by atoms with Crippen LogP contribution in [0.4, 0.5) is 0 Å². The van der Waals surface area contributed by atoms with Crippen LogP contribution in [-0.2, 0) is 9.59 Å². The molecular formula is C16H19NO4. The first kappa shape index (κ1) is 13.9. The molecule has 0 radical (unpaired) electrons. The summed E-state index contributed by atoms with van der Waals surface area (Å²) in [5, 5.41) is 9.08. The van der Waals surface area contributed by atoms with Crippen molar-refractivity contribution in [1.82, 2.24) is 4.90 Å². The molecule has 0 unspecified atom stereocenters. The number of hydrogen-bond acceptors (Lipinski definition) is 3. The highest BCUT2D eigenvalue weighted by molar-refractivity contribution is 5.94. The predicted octanol–water partition coefficient (Wildman–Crippen LogP) is 2.49. The van der Waals surface area contributed by atoms with Crippen LogP contribution in [0.1, 0.15) is 43.6 Å². The molecule has 5 heteroatoms. The van der Waals surface area contributed by atoms with Gasteiger partial charge in [0.05, 0.1) is 0 Å². The molecule has 1 aromatic heterocycles. The summed E-state index contributed by atoms with van der Waals surface area (Å²) in [6, 6.07) is 3.11. The fourth-order valence-electron chi connectivity index (χ4n) is 2.91. The number of carbonyl (C=O) groups is 2. The molecule has 0 aromatic carbocycles. The standard InChI is InChI=1S/C16H19NO4/c1-10-9-12(10)14-6-4-11(21-14)5-7-15(18)17-8-2-3-13(17)16(19)20/h4-7,10,12-13H,2-3,8-9H2,1H3,(H,19,20)/b7-5+/t10-,12+,13-/m1/s1. The van der Waals surface area contributed by atoms with Crippen molar-refractivity contribution >= 4 is 18.0 Å². The van der Waals surface area contributed by atoms with Crippen molar-refractivity contribution in [2.75, 3.05) is 6.54 Å². The molecule has 1 aliphatic heterocycles. The minimum atomic E-state index is -0.933. The van der Waals surface area contributed by atoms with Gasteiger partial charge in [-0.1, -0.05) is 6.92 Å². The van der Waals surface area contributed by atoms with E-state index in [-0.39, 0.29) is 5.91 Å². The third-order valence-corrected chi connectivity index (χ3v) is 4.33. The largest absolute Gasteiger partial charge is 0.480 e.